The van der Waals surface area contributed by atoms with Gasteiger partial charge in [0.05, 0.1) is 12.8 Å². The van der Waals surface area contributed by atoms with Gasteiger partial charge < -0.3 is 10.2 Å². The Labute approximate surface area is 78.6 Å². The van der Waals surface area contributed by atoms with Crippen molar-refractivity contribution < 1.29 is 28.2 Å². The van der Waals surface area contributed by atoms with Crippen molar-refractivity contribution in [1.29, 1.82) is 0 Å². The maximum Gasteiger partial charge on any atom is 0.303 e. The molecule has 8 heteroatoms. The lowest BCUT2D eigenvalue weighted by Gasteiger charge is -1.85. The van der Waals surface area contributed by atoms with Gasteiger partial charge in [0, 0.05) is 0 Å². The molecule has 0 aliphatic heterocycles. The number of hydrogen-bond donors (Lipinski definition) is 2. The van der Waals surface area contributed by atoms with Crippen LogP contribution in [0.25, 0.3) is 0 Å². The second-order valence-corrected chi connectivity index (χ2v) is 1.29. The molecule has 0 amide bonds. The van der Waals surface area contributed by atoms with Crippen LogP contribution in [0.5, 0.6) is 0 Å². The molecular weight excluding hydrogens is 208 g/mol. The molecule has 0 aliphatic rings. The Bertz CT molecular complexity index is 122. The van der Waals surface area contributed by atoms with Gasteiger partial charge in [-0.1, -0.05) is 0 Å². The second-order valence-electron chi connectivity index (χ2n) is 1.29. The number of carboxylic acid groups (broad SMARTS) is 2. The number of rotatable bonds is 3. The monoisotopic (exact) mass is 214 g/mol. The van der Waals surface area contributed by atoms with Gasteiger partial charge in [0.1, 0.15) is 0 Å². The summed E-state index contributed by atoms with van der Waals surface area (Å²) in [4.78, 5) is 19.3. The van der Waals surface area contributed by atoms with Crippen molar-refractivity contribution >= 4 is 37.0 Å². The van der Waals surface area contributed by atoms with Crippen molar-refractivity contribution in [3.05, 3.63) is 0 Å². The van der Waals surface area contributed by atoms with E-state index in [4.69, 9.17) is 18.6 Å². The van der Waals surface area contributed by atoms with Crippen LogP contribution in [0, 0.1) is 0 Å². The highest BCUT2D eigenvalue weighted by Gasteiger charge is 2.00. The summed E-state index contributed by atoms with van der Waals surface area (Å²) < 4.78 is 15.7. The highest BCUT2D eigenvalue weighted by Crippen LogP contribution is 1.85. The molecule has 0 heterocycles. The first-order valence-corrected chi connectivity index (χ1v) is 3.06. The highest BCUT2D eigenvalue weighted by molar-refractivity contribution is 7.44. The molecule has 0 aromatic rings. The molecule has 12 heavy (non-hydrogen) atoms. The molecule has 0 unspecified atom stereocenters. The van der Waals surface area contributed by atoms with Crippen LogP contribution in [-0.4, -0.2) is 30.6 Å². The molecule has 2 N–H and O–H groups in total. The molecule has 0 saturated heterocycles. The van der Waals surface area contributed by atoms with E-state index in [1.54, 1.807) is 0 Å². The Morgan fingerprint density at radius 1 is 0.833 bits per heavy atom. The minimum atomic E-state index is -1.08. The Kier molecular flexibility index (Phi) is 23.6. The third-order valence-electron chi connectivity index (χ3n) is 0.553. The SMILES string of the molecule is O=C(O)CCC(=O)O.O=S.O=S. The summed E-state index contributed by atoms with van der Waals surface area (Å²) in [6.45, 7) is 0. The summed E-state index contributed by atoms with van der Waals surface area (Å²) in [5, 5.41) is 15.8. The van der Waals surface area contributed by atoms with Gasteiger partial charge >= 0.3 is 11.9 Å². The summed E-state index contributed by atoms with van der Waals surface area (Å²) >= 11 is 5.67. The predicted octanol–water partition coefficient (Wildman–Crippen LogP) is -0.737. The largest absolute Gasteiger partial charge is 0.481 e. The smallest absolute Gasteiger partial charge is 0.303 e. The van der Waals surface area contributed by atoms with E-state index in [0.29, 0.717) is 0 Å². The molecule has 0 saturated carbocycles. The number of aliphatic carboxylic acids is 2. The van der Waals surface area contributed by atoms with Gasteiger partial charge in [-0.05, 0) is 0 Å². The highest BCUT2D eigenvalue weighted by atomic mass is 32.1. The van der Waals surface area contributed by atoms with Gasteiger partial charge in [-0.2, -0.15) is 8.42 Å². The fraction of sp³-hybridized carbons (Fsp3) is 0.500. The summed E-state index contributed by atoms with van der Waals surface area (Å²) in [5.41, 5.74) is 0. The zero-order valence-corrected chi connectivity index (χ0v) is 7.39. The first-order chi connectivity index (χ1) is 5.63. The second kappa shape index (κ2) is 16.5. The summed E-state index contributed by atoms with van der Waals surface area (Å²) in [6, 6.07) is 0. The molecule has 0 aliphatic carbocycles. The number of carbonyl (C=O) groups is 2. The normalized spacial score (nSPS) is 6.33. The molecule has 0 bridgehead atoms. The molecule has 0 atom stereocenters. The van der Waals surface area contributed by atoms with Crippen molar-refractivity contribution in [2.45, 2.75) is 12.8 Å². The number of carboxylic acids is 2. The zero-order chi connectivity index (χ0) is 10.6. The maximum atomic E-state index is 9.64. The average Bonchev–Trinajstić information content (AvgIpc) is 2.08. The van der Waals surface area contributed by atoms with E-state index in [-0.39, 0.29) is 12.8 Å². The van der Waals surface area contributed by atoms with E-state index in [2.05, 4.69) is 25.1 Å². The van der Waals surface area contributed by atoms with Crippen molar-refractivity contribution in [3.63, 3.8) is 0 Å². The van der Waals surface area contributed by atoms with Gasteiger partial charge in [-0.25, -0.2) is 0 Å². The fourth-order valence-electron chi connectivity index (χ4n) is 0.214. The molecule has 0 radical (unpaired) electrons. The Hall–Kier alpha value is -1.02. The van der Waals surface area contributed by atoms with Crippen LogP contribution in [0.2, 0.25) is 0 Å². The molecule has 70 valence electrons. The molecule has 0 rings (SSSR count). The third kappa shape index (κ3) is 36.1. The molecule has 0 spiro atoms. The average molecular weight is 214 g/mol. The summed E-state index contributed by atoms with van der Waals surface area (Å²) in [7, 11) is 0. The quantitative estimate of drug-likeness (QED) is 0.632. The first-order valence-electron chi connectivity index (χ1n) is 2.40. The van der Waals surface area contributed by atoms with Gasteiger partial charge in [0.15, 0.2) is 25.1 Å². The van der Waals surface area contributed by atoms with Gasteiger partial charge in [0.25, 0.3) is 0 Å². The van der Waals surface area contributed by atoms with Gasteiger partial charge in [-0.3, -0.25) is 9.59 Å². The van der Waals surface area contributed by atoms with Crippen LogP contribution in [0.4, 0.5) is 0 Å². The van der Waals surface area contributed by atoms with Crippen LogP contribution in [0.3, 0.4) is 0 Å². The van der Waals surface area contributed by atoms with E-state index >= 15 is 0 Å². The van der Waals surface area contributed by atoms with Crippen molar-refractivity contribution in [2.75, 3.05) is 0 Å². The lowest BCUT2D eigenvalue weighted by molar-refractivity contribution is -0.143. The van der Waals surface area contributed by atoms with Crippen LogP contribution in [0.15, 0.2) is 0 Å². The van der Waals surface area contributed by atoms with Crippen LogP contribution < -0.4 is 0 Å². The molecular formula is C4H6O6S2. The summed E-state index contributed by atoms with van der Waals surface area (Å²) in [5.74, 6) is -2.15. The maximum absolute atomic E-state index is 9.64. The van der Waals surface area contributed by atoms with Gasteiger partial charge in [-0.15, -0.1) is 0 Å². The van der Waals surface area contributed by atoms with E-state index in [0.717, 1.165) is 0 Å². The van der Waals surface area contributed by atoms with Gasteiger partial charge in [0.2, 0.25) is 0 Å². The van der Waals surface area contributed by atoms with Crippen molar-refractivity contribution in [2.24, 2.45) is 0 Å². The van der Waals surface area contributed by atoms with E-state index in [1.807, 2.05) is 0 Å². The minimum Gasteiger partial charge on any atom is -0.481 e. The van der Waals surface area contributed by atoms with Crippen molar-refractivity contribution in [3.8, 4) is 0 Å². The summed E-state index contributed by atoms with van der Waals surface area (Å²) in [6.07, 6.45) is -0.593. The first kappa shape index (κ1) is 17.2. The predicted molar refractivity (Wildman–Crippen MR) is 40.8 cm³/mol. The van der Waals surface area contributed by atoms with Crippen LogP contribution >= 0.6 is 0 Å². The zero-order valence-electron chi connectivity index (χ0n) is 5.76. The lowest BCUT2D eigenvalue weighted by atomic mass is 10.3. The Morgan fingerprint density at radius 2 is 1.00 bits per heavy atom. The number of hydrogen-bond acceptors (Lipinski definition) is 6. The third-order valence-corrected chi connectivity index (χ3v) is 0.553. The fourth-order valence-corrected chi connectivity index (χ4v) is 0.214. The van der Waals surface area contributed by atoms with Crippen molar-refractivity contribution in [1.82, 2.24) is 0 Å². The minimum absolute atomic E-state index is 0.296. The Balaban J connectivity index is -0.000000175. The topological polar surface area (TPSA) is 109 Å². The Morgan fingerprint density at radius 3 is 1.08 bits per heavy atom. The van der Waals surface area contributed by atoms with E-state index in [1.165, 1.54) is 0 Å². The van der Waals surface area contributed by atoms with E-state index < -0.39 is 11.9 Å². The molecule has 6 nitrogen and oxygen atoms in total. The molecule has 0 fully saturated rings. The lowest BCUT2D eigenvalue weighted by Crippen LogP contribution is -2.00. The van der Waals surface area contributed by atoms with E-state index in [9.17, 15) is 9.59 Å². The molecule has 0 aromatic heterocycles. The molecule has 0 aromatic carbocycles. The standard InChI is InChI=1S/C4H6O4.2OS/c5-3(6)1-2-4(7)8;2*1-2/h1-2H2,(H,5,6)(H,7,8);;. The van der Waals surface area contributed by atoms with Crippen LogP contribution in [0.1, 0.15) is 12.8 Å². The van der Waals surface area contributed by atoms with Crippen LogP contribution in [-0.2, 0) is 34.7 Å².